The van der Waals surface area contributed by atoms with E-state index >= 15 is 0 Å². The molecule has 98 valence electrons. The Morgan fingerprint density at radius 3 is 2.95 bits per heavy atom. The summed E-state index contributed by atoms with van der Waals surface area (Å²) in [5, 5.41) is 0. The summed E-state index contributed by atoms with van der Waals surface area (Å²) in [6.45, 7) is 0.732. The molecule has 1 aliphatic heterocycles. The molecule has 0 amide bonds. The van der Waals surface area contributed by atoms with Crippen molar-refractivity contribution in [2.75, 3.05) is 12.4 Å². The van der Waals surface area contributed by atoms with Crippen molar-refractivity contribution >= 4 is 23.4 Å². The molecular weight excluding hydrogens is 276 g/mol. The van der Waals surface area contributed by atoms with E-state index in [-0.39, 0.29) is 0 Å². The van der Waals surface area contributed by atoms with Gasteiger partial charge in [-0.05, 0) is 29.3 Å². The zero-order chi connectivity index (χ0) is 13.1. The first-order chi connectivity index (χ1) is 9.36. The molecule has 2 aromatic carbocycles. The van der Waals surface area contributed by atoms with Crippen LogP contribution in [0.5, 0.6) is 5.75 Å². The predicted octanol–water partition coefficient (Wildman–Crippen LogP) is 4.69. The van der Waals surface area contributed by atoms with E-state index in [1.807, 2.05) is 36.0 Å². The van der Waals surface area contributed by atoms with Crippen LogP contribution in [0.15, 0.2) is 53.4 Å². The van der Waals surface area contributed by atoms with Crippen LogP contribution < -0.4 is 4.74 Å². The minimum atomic E-state index is 0.487. The number of fused-ring (bicyclic) bond motifs is 1. The van der Waals surface area contributed by atoms with Gasteiger partial charge in [0, 0.05) is 22.4 Å². The lowest BCUT2D eigenvalue weighted by molar-refractivity contribution is 0.298. The van der Waals surface area contributed by atoms with Gasteiger partial charge in [0.05, 0.1) is 6.61 Å². The Bertz CT molecular complexity index is 570. The summed E-state index contributed by atoms with van der Waals surface area (Å²) in [6, 6.07) is 16.6. The van der Waals surface area contributed by atoms with E-state index in [9.17, 15) is 0 Å². The highest BCUT2D eigenvalue weighted by Gasteiger charge is 2.23. The molecule has 0 spiro atoms. The van der Waals surface area contributed by atoms with Crippen LogP contribution in [-0.2, 0) is 5.88 Å². The highest BCUT2D eigenvalue weighted by atomic mass is 35.5. The zero-order valence-electron chi connectivity index (χ0n) is 10.5. The molecule has 1 aliphatic rings. The van der Waals surface area contributed by atoms with Gasteiger partial charge >= 0.3 is 0 Å². The molecule has 0 radical (unpaired) electrons. The van der Waals surface area contributed by atoms with Crippen molar-refractivity contribution in [1.82, 2.24) is 0 Å². The lowest BCUT2D eigenvalue weighted by Gasteiger charge is -2.13. The van der Waals surface area contributed by atoms with Crippen molar-refractivity contribution < 1.29 is 4.74 Å². The quantitative estimate of drug-likeness (QED) is 0.755. The maximum atomic E-state index is 5.92. The van der Waals surface area contributed by atoms with Crippen LogP contribution in [0.25, 0.3) is 0 Å². The second-order valence-electron chi connectivity index (χ2n) is 4.64. The Hall–Kier alpha value is -1.12. The van der Waals surface area contributed by atoms with E-state index < -0.39 is 0 Å². The number of hydrogen-bond donors (Lipinski definition) is 0. The molecule has 19 heavy (non-hydrogen) atoms. The molecule has 0 aromatic heterocycles. The minimum Gasteiger partial charge on any atom is -0.493 e. The third-order valence-corrected chi connectivity index (χ3v) is 4.86. The van der Waals surface area contributed by atoms with E-state index in [2.05, 4.69) is 24.3 Å². The normalized spacial score (nSPS) is 17.2. The minimum absolute atomic E-state index is 0.487. The van der Waals surface area contributed by atoms with Gasteiger partial charge in [0.15, 0.2) is 0 Å². The Labute approximate surface area is 122 Å². The number of halogens is 1. The van der Waals surface area contributed by atoms with Gasteiger partial charge in [-0.2, -0.15) is 0 Å². The molecule has 0 N–H and O–H groups in total. The average Bonchev–Trinajstić information content (AvgIpc) is 2.89. The highest BCUT2D eigenvalue weighted by molar-refractivity contribution is 7.99. The van der Waals surface area contributed by atoms with Gasteiger partial charge in [0.25, 0.3) is 0 Å². The molecule has 0 fully saturated rings. The second-order valence-corrected chi connectivity index (χ2v) is 5.97. The molecule has 0 saturated carbocycles. The van der Waals surface area contributed by atoms with Crippen molar-refractivity contribution in [2.24, 2.45) is 0 Å². The van der Waals surface area contributed by atoms with Gasteiger partial charge in [-0.25, -0.2) is 0 Å². The topological polar surface area (TPSA) is 9.23 Å². The first-order valence-electron chi connectivity index (χ1n) is 6.36. The molecule has 1 unspecified atom stereocenters. The molecule has 3 heteroatoms. The Morgan fingerprint density at radius 1 is 1.16 bits per heavy atom. The smallest absolute Gasteiger partial charge is 0.119 e. The SMILES string of the molecule is ClCc1cccc(OCC2CSc3ccccc32)c1. The molecule has 1 nitrogen and oxygen atoms in total. The largest absolute Gasteiger partial charge is 0.493 e. The van der Waals surface area contributed by atoms with Crippen molar-refractivity contribution in [1.29, 1.82) is 0 Å². The molecular formula is C16H15ClOS. The number of hydrogen-bond acceptors (Lipinski definition) is 2. The summed E-state index contributed by atoms with van der Waals surface area (Å²) in [5.41, 5.74) is 2.52. The number of benzene rings is 2. The van der Waals surface area contributed by atoms with Crippen LogP contribution in [0.4, 0.5) is 0 Å². The van der Waals surface area contributed by atoms with Crippen molar-refractivity contribution in [2.45, 2.75) is 16.7 Å². The number of alkyl halides is 1. The van der Waals surface area contributed by atoms with Crippen molar-refractivity contribution in [3.8, 4) is 5.75 Å². The van der Waals surface area contributed by atoms with Gasteiger partial charge in [-0.15, -0.1) is 23.4 Å². The van der Waals surface area contributed by atoms with Gasteiger partial charge in [-0.3, -0.25) is 0 Å². The summed E-state index contributed by atoms with van der Waals surface area (Å²) in [7, 11) is 0. The van der Waals surface area contributed by atoms with E-state index in [0.29, 0.717) is 11.8 Å². The maximum absolute atomic E-state index is 5.92. The van der Waals surface area contributed by atoms with Crippen LogP contribution in [0.3, 0.4) is 0 Å². The third-order valence-electron chi connectivity index (χ3n) is 3.30. The highest BCUT2D eigenvalue weighted by Crippen LogP contribution is 2.39. The fraction of sp³-hybridized carbons (Fsp3) is 0.250. The van der Waals surface area contributed by atoms with Crippen LogP contribution >= 0.6 is 23.4 Å². The summed E-state index contributed by atoms with van der Waals surface area (Å²) in [5.74, 6) is 3.03. The fourth-order valence-corrected chi connectivity index (χ4v) is 3.68. The van der Waals surface area contributed by atoms with Crippen molar-refractivity contribution in [3.63, 3.8) is 0 Å². The third kappa shape index (κ3) is 2.90. The number of ether oxygens (including phenoxy) is 1. The molecule has 1 heterocycles. The zero-order valence-corrected chi connectivity index (χ0v) is 12.1. The van der Waals surface area contributed by atoms with Crippen LogP contribution in [0.2, 0.25) is 0 Å². The van der Waals surface area contributed by atoms with E-state index in [0.717, 1.165) is 23.7 Å². The molecule has 0 saturated heterocycles. The number of thioether (sulfide) groups is 1. The Kier molecular flexibility index (Phi) is 4.00. The molecule has 1 atom stereocenters. The average molecular weight is 291 g/mol. The maximum Gasteiger partial charge on any atom is 0.119 e. The van der Waals surface area contributed by atoms with Crippen LogP contribution in [0.1, 0.15) is 17.0 Å². The van der Waals surface area contributed by atoms with E-state index in [1.54, 1.807) is 0 Å². The van der Waals surface area contributed by atoms with E-state index in [4.69, 9.17) is 16.3 Å². The lowest BCUT2D eigenvalue weighted by atomic mass is 10.0. The molecule has 0 aliphatic carbocycles. The second kappa shape index (κ2) is 5.89. The van der Waals surface area contributed by atoms with Crippen LogP contribution in [-0.4, -0.2) is 12.4 Å². The number of rotatable bonds is 4. The first kappa shape index (κ1) is 12.9. The van der Waals surface area contributed by atoms with Gasteiger partial charge < -0.3 is 4.74 Å². The molecule has 0 bridgehead atoms. The Balaban J connectivity index is 1.67. The monoisotopic (exact) mass is 290 g/mol. The summed E-state index contributed by atoms with van der Waals surface area (Å²) in [6.07, 6.45) is 0. The molecule has 3 rings (SSSR count). The summed E-state index contributed by atoms with van der Waals surface area (Å²) in [4.78, 5) is 1.39. The van der Waals surface area contributed by atoms with Crippen molar-refractivity contribution in [3.05, 3.63) is 59.7 Å². The van der Waals surface area contributed by atoms with Gasteiger partial charge in [0.2, 0.25) is 0 Å². The standard InChI is InChI=1S/C16H15ClOS/c17-9-12-4-3-5-14(8-12)18-10-13-11-19-16-7-2-1-6-15(13)16/h1-8,13H,9-11H2. The first-order valence-corrected chi connectivity index (χ1v) is 7.88. The van der Waals surface area contributed by atoms with Gasteiger partial charge in [-0.1, -0.05) is 30.3 Å². The Morgan fingerprint density at radius 2 is 2.05 bits per heavy atom. The summed E-state index contributed by atoms with van der Waals surface area (Å²) < 4.78 is 5.92. The van der Waals surface area contributed by atoms with E-state index in [1.165, 1.54) is 10.5 Å². The molecule has 2 aromatic rings. The fourth-order valence-electron chi connectivity index (χ4n) is 2.28. The van der Waals surface area contributed by atoms with Gasteiger partial charge in [0.1, 0.15) is 5.75 Å². The predicted molar refractivity (Wildman–Crippen MR) is 81.4 cm³/mol. The lowest BCUT2D eigenvalue weighted by Crippen LogP contribution is -2.09. The van der Waals surface area contributed by atoms with Crippen LogP contribution in [0, 0.1) is 0 Å². The summed E-state index contributed by atoms with van der Waals surface area (Å²) >= 11 is 7.75.